The third kappa shape index (κ3) is 5.54. The van der Waals surface area contributed by atoms with E-state index in [1.807, 2.05) is 13.8 Å². The number of hydrogen-bond acceptors (Lipinski definition) is 7. The van der Waals surface area contributed by atoms with Gasteiger partial charge in [0.1, 0.15) is 11.5 Å². The molecule has 2 aliphatic carbocycles. The van der Waals surface area contributed by atoms with Crippen LogP contribution in [-0.4, -0.2) is 51.0 Å². The van der Waals surface area contributed by atoms with Crippen molar-refractivity contribution in [2.75, 3.05) is 13.2 Å². The molecular weight excluding hydrogens is 364 g/mol. The van der Waals surface area contributed by atoms with E-state index in [-0.39, 0.29) is 11.5 Å². The lowest BCUT2D eigenvalue weighted by atomic mass is 9.83. The molecule has 156 valence electrons. The van der Waals surface area contributed by atoms with E-state index in [0.717, 1.165) is 37.8 Å². The summed E-state index contributed by atoms with van der Waals surface area (Å²) < 4.78 is 10.7. The summed E-state index contributed by atoms with van der Waals surface area (Å²) in [5.74, 6) is -6.80. The fourth-order valence-corrected chi connectivity index (χ4v) is 2.98. The lowest BCUT2D eigenvalue weighted by molar-refractivity contribution is -0.137. The fourth-order valence-electron chi connectivity index (χ4n) is 2.98. The minimum atomic E-state index is -1.76. The first-order valence-electron chi connectivity index (χ1n) is 9.72. The molecule has 0 aromatic rings. The van der Waals surface area contributed by atoms with Gasteiger partial charge >= 0.3 is 0 Å². The monoisotopic (exact) mass is 394 g/mol. The van der Waals surface area contributed by atoms with Gasteiger partial charge < -0.3 is 29.9 Å². The molecule has 4 unspecified atom stereocenters. The lowest BCUT2D eigenvalue weighted by Gasteiger charge is -2.30. The molecule has 7 heteroatoms. The Morgan fingerprint density at radius 3 is 1.61 bits per heavy atom. The molecule has 0 spiro atoms. The van der Waals surface area contributed by atoms with Crippen LogP contribution in [0.3, 0.4) is 0 Å². The molecule has 0 fully saturated rings. The second kappa shape index (κ2) is 9.52. The molecular formula is C21H30O7. The third-order valence-electron chi connectivity index (χ3n) is 4.68. The van der Waals surface area contributed by atoms with Crippen LogP contribution in [0.1, 0.15) is 39.5 Å². The first kappa shape index (κ1) is 22.4. The molecule has 0 aromatic carbocycles. The third-order valence-corrected chi connectivity index (χ3v) is 4.68. The summed E-state index contributed by atoms with van der Waals surface area (Å²) in [7, 11) is 0. The Balaban J connectivity index is 2.05. The van der Waals surface area contributed by atoms with Crippen molar-refractivity contribution in [2.45, 2.75) is 51.1 Å². The van der Waals surface area contributed by atoms with Gasteiger partial charge in [-0.15, -0.1) is 0 Å². The van der Waals surface area contributed by atoms with Gasteiger partial charge in [-0.1, -0.05) is 38.8 Å². The van der Waals surface area contributed by atoms with Crippen molar-refractivity contribution in [1.82, 2.24) is 0 Å². The SMILES string of the molecule is CCCCOC1(O)C=CC(C(=O)C2C=CC(O)(OCCCC)C=C2O)C(O)=C1. The van der Waals surface area contributed by atoms with Crippen molar-refractivity contribution in [1.29, 1.82) is 0 Å². The molecule has 2 rings (SSSR count). The summed E-state index contributed by atoms with van der Waals surface area (Å²) in [4.78, 5) is 12.8. The van der Waals surface area contributed by atoms with Crippen molar-refractivity contribution in [3.05, 3.63) is 48.0 Å². The molecule has 4 atom stereocenters. The van der Waals surface area contributed by atoms with Crippen LogP contribution in [0.15, 0.2) is 48.0 Å². The average Bonchev–Trinajstić information content (AvgIpc) is 2.61. The van der Waals surface area contributed by atoms with Crippen LogP contribution in [0.5, 0.6) is 0 Å². The minimum Gasteiger partial charge on any atom is -0.511 e. The van der Waals surface area contributed by atoms with Gasteiger partial charge in [0.2, 0.25) is 11.6 Å². The smallest absolute Gasteiger partial charge is 0.209 e. The summed E-state index contributed by atoms with van der Waals surface area (Å²) in [6.07, 6.45) is 10.8. The number of hydrogen-bond donors (Lipinski definition) is 4. The van der Waals surface area contributed by atoms with E-state index < -0.39 is 29.2 Å². The quantitative estimate of drug-likeness (QED) is 0.256. The zero-order valence-electron chi connectivity index (χ0n) is 16.4. The predicted octanol–water partition coefficient (Wildman–Crippen LogP) is 2.82. The highest BCUT2D eigenvalue weighted by molar-refractivity contribution is 5.91. The molecule has 0 saturated heterocycles. The highest BCUT2D eigenvalue weighted by Gasteiger charge is 2.38. The van der Waals surface area contributed by atoms with E-state index in [1.165, 1.54) is 24.3 Å². The van der Waals surface area contributed by atoms with Crippen LogP contribution in [0.25, 0.3) is 0 Å². The van der Waals surface area contributed by atoms with Crippen LogP contribution in [0, 0.1) is 11.8 Å². The Kier molecular flexibility index (Phi) is 7.60. The number of Topliss-reactive ketones (excluding diaryl/α,β-unsaturated/α-hetero) is 1. The summed E-state index contributed by atoms with van der Waals surface area (Å²) in [6.45, 7) is 4.59. The molecule has 0 heterocycles. The van der Waals surface area contributed by atoms with E-state index in [1.54, 1.807) is 0 Å². The zero-order valence-corrected chi connectivity index (χ0v) is 16.4. The minimum absolute atomic E-state index is 0.311. The maximum absolute atomic E-state index is 12.8. The second-order valence-electron chi connectivity index (χ2n) is 7.12. The van der Waals surface area contributed by atoms with Gasteiger partial charge in [-0.2, -0.15) is 0 Å². The van der Waals surface area contributed by atoms with Gasteiger partial charge in [0.25, 0.3) is 0 Å². The molecule has 7 nitrogen and oxygen atoms in total. The van der Waals surface area contributed by atoms with E-state index in [9.17, 15) is 25.2 Å². The largest absolute Gasteiger partial charge is 0.511 e. The van der Waals surface area contributed by atoms with Gasteiger partial charge in [-0.3, -0.25) is 4.79 Å². The van der Waals surface area contributed by atoms with Gasteiger partial charge in [0.05, 0.1) is 25.0 Å². The number of allylic oxidation sites excluding steroid dienone is 2. The predicted molar refractivity (Wildman–Crippen MR) is 103 cm³/mol. The number of rotatable bonds is 10. The van der Waals surface area contributed by atoms with Gasteiger partial charge in [0.15, 0.2) is 5.78 Å². The van der Waals surface area contributed by atoms with Crippen molar-refractivity contribution < 1.29 is 34.7 Å². The fraction of sp³-hybridized carbons (Fsp3) is 0.571. The van der Waals surface area contributed by atoms with Gasteiger partial charge in [-0.25, -0.2) is 0 Å². The Morgan fingerprint density at radius 2 is 1.29 bits per heavy atom. The molecule has 2 aliphatic rings. The van der Waals surface area contributed by atoms with Crippen LogP contribution >= 0.6 is 0 Å². The van der Waals surface area contributed by atoms with Crippen molar-refractivity contribution >= 4 is 5.78 Å². The standard InChI is InChI=1S/C21H30O7/c1-3-5-11-27-20(25)9-7-15(17(22)13-20)19(24)16-8-10-21(26,14-18(16)23)28-12-6-4-2/h7-10,13-16,22-23,25-26H,3-6,11-12H2,1-2H3. The molecule has 4 N–H and O–H groups in total. The summed E-state index contributed by atoms with van der Waals surface area (Å²) in [6, 6.07) is 0. The van der Waals surface area contributed by atoms with Gasteiger partial charge in [0, 0.05) is 12.2 Å². The Hall–Kier alpha value is -1.93. The molecule has 0 amide bonds. The number of carbonyl (C=O) groups excluding carboxylic acids is 1. The highest BCUT2D eigenvalue weighted by atomic mass is 16.6. The first-order chi connectivity index (χ1) is 13.2. The van der Waals surface area contributed by atoms with Crippen molar-refractivity contribution in [3.8, 4) is 0 Å². The number of aliphatic hydroxyl groups is 4. The zero-order chi connectivity index (χ0) is 20.8. The Morgan fingerprint density at radius 1 is 0.893 bits per heavy atom. The molecule has 0 aliphatic heterocycles. The Labute approximate surface area is 165 Å². The van der Waals surface area contributed by atoms with Crippen LogP contribution in [0.2, 0.25) is 0 Å². The number of carbonyl (C=O) groups is 1. The molecule has 28 heavy (non-hydrogen) atoms. The average molecular weight is 394 g/mol. The van der Waals surface area contributed by atoms with Crippen molar-refractivity contribution in [3.63, 3.8) is 0 Å². The summed E-state index contributed by atoms with van der Waals surface area (Å²) in [5.41, 5.74) is 0. The summed E-state index contributed by atoms with van der Waals surface area (Å²) in [5, 5.41) is 41.1. The maximum atomic E-state index is 12.8. The van der Waals surface area contributed by atoms with Crippen LogP contribution in [-0.2, 0) is 14.3 Å². The molecule has 0 saturated carbocycles. The number of aliphatic hydroxyl groups excluding tert-OH is 2. The maximum Gasteiger partial charge on any atom is 0.209 e. The van der Waals surface area contributed by atoms with E-state index >= 15 is 0 Å². The molecule has 0 radical (unpaired) electrons. The van der Waals surface area contributed by atoms with Crippen LogP contribution < -0.4 is 0 Å². The molecule has 0 bridgehead atoms. The van der Waals surface area contributed by atoms with E-state index in [0.29, 0.717) is 13.2 Å². The number of unbranched alkanes of at least 4 members (excludes halogenated alkanes) is 2. The number of ether oxygens (including phenoxy) is 2. The topological polar surface area (TPSA) is 116 Å². The first-order valence-corrected chi connectivity index (χ1v) is 9.72. The molecule has 0 aromatic heterocycles. The normalized spacial score (nSPS) is 32.1. The van der Waals surface area contributed by atoms with Crippen molar-refractivity contribution in [2.24, 2.45) is 11.8 Å². The highest BCUT2D eigenvalue weighted by Crippen LogP contribution is 2.32. The summed E-state index contributed by atoms with van der Waals surface area (Å²) >= 11 is 0. The van der Waals surface area contributed by atoms with E-state index in [2.05, 4.69) is 0 Å². The lowest BCUT2D eigenvalue weighted by Crippen LogP contribution is -2.37. The second-order valence-corrected chi connectivity index (χ2v) is 7.12. The van der Waals surface area contributed by atoms with E-state index in [4.69, 9.17) is 9.47 Å². The van der Waals surface area contributed by atoms with Crippen LogP contribution in [0.4, 0.5) is 0 Å². The number of ketones is 1. The van der Waals surface area contributed by atoms with Gasteiger partial charge in [-0.05, 0) is 25.0 Å². The Bertz CT molecular complexity index is 622.